The standard InChI is InChI=1S/C22H26N4OS/c1-16-6-4-5-7-20(16)21-23-26(22(28)24(21)2)15-25(18-10-11-18)14-17-8-12-19(27-3)13-9-17/h4-9,12-13,18H,10-11,14-15H2,1-3H3. The third kappa shape index (κ3) is 3.88. The highest BCUT2D eigenvalue weighted by molar-refractivity contribution is 7.71. The first-order valence-electron chi connectivity index (χ1n) is 9.63. The number of aryl methyl sites for hydroxylation is 1. The fraction of sp³-hybridized carbons (Fsp3) is 0.364. The second kappa shape index (κ2) is 7.89. The molecule has 0 spiro atoms. The van der Waals surface area contributed by atoms with Gasteiger partial charge in [0.2, 0.25) is 0 Å². The van der Waals surface area contributed by atoms with Crippen LogP contribution in [0, 0.1) is 11.7 Å². The molecule has 1 saturated carbocycles. The van der Waals surface area contributed by atoms with E-state index >= 15 is 0 Å². The molecule has 1 heterocycles. The average Bonchev–Trinajstić information content (AvgIpc) is 3.52. The summed E-state index contributed by atoms with van der Waals surface area (Å²) in [5.41, 5.74) is 3.60. The average molecular weight is 395 g/mol. The summed E-state index contributed by atoms with van der Waals surface area (Å²) in [6.45, 7) is 3.69. The first-order chi connectivity index (χ1) is 13.6. The molecule has 1 aliphatic rings. The summed E-state index contributed by atoms with van der Waals surface area (Å²) in [6, 6.07) is 17.2. The quantitative estimate of drug-likeness (QED) is 0.551. The van der Waals surface area contributed by atoms with Crippen LogP contribution in [0.2, 0.25) is 0 Å². The maximum Gasteiger partial charge on any atom is 0.199 e. The number of hydrogen-bond donors (Lipinski definition) is 0. The van der Waals surface area contributed by atoms with Gasteiger partial charge in [-0.25, -0.2) is 4.68 Å². The third-order valence-electron chi connectivity index (χ3n) is 5.35. The Morgan fingerprint density at radius 1 is 1.14 bits per heavy atom. The van der Waals surface area contributed by atoms with Gasteiger partial charge in [-0.3, -0.25) is 4.90 Å². The molecule has 0 amide bonds. The van der Waals surface area contributed by atoms with Gasteiger partial charge in [0.1, 0.15) is 5.75 Å². The van der Waals surface area contributed by atoms with Gasteiger partial charge in [0.15, 0.2) is 10.6 Å². The van der Waals surface area contributed by atoms with Crippen LogP contribution in [0.4, 0.5) is 0 Å². The second-order valence-electron chi connectivity index (χ2n) is 7.45. The Morgan fingerprint density at radius 3 is 2.50 bits per heavy atom. The minimum absolute atomic E-state index is 0.605. The van der Waals surface area contributed by atoms with E-state index in [9.17, 15) is 0 Å². The van der Waals surface area contributed by atoms with Crippen molar-refractivity contribution in [3.63, 3.8) is 0 Å². The maximum absolute atomic E-state index is 5.70. The summed E-state index contributed by atoms with van der Waals surface area (Å²) < 4.78 is 9.98. The van der Waals surface area contributed by atoms with E-state index in [1.807, 2.05) is 40.6 Å². The van der Waals surface area contributed by atoms with Gasteiger partial charge in [-0.05, 0) is 55.2 Å². The van der Waals surface area contributed by atoms with E-state index in [4.69, 9.17) is 22.1 Å². The second-order valence-corrected chi connectivity index (χ2v) is 7.81. The van der Waals surface area contributed by atoms with E-state index in [2.05, 4.69) is 36.1 Å². The van der Waals surface area contributed by atoms with E-state index in [0.29, 0.717) is 12.7 Å². The highest BCUT2D eigenvalue weighted by atomic mass is 32.1. The summed E-state index contributed by atoms with van der Waals surface area (Å²) in [7, 11) is 3.69. The molecule has 0 radical (unpaired) electrons. The van der Waals surface area contributed by atoms with Crippen LogP contribution in [0.15, 0.2) is 48.5 Å². The Bertz CT molecular complexity index is 1020. The zero-order chi connectivity index (χ0) is 19.7. The first kappa shape index (κ1) is 18.9. The molecular weight excluding hydrogens is 368 g/mol. The Morgan fingerprint density at radius 2 is 1.86 bits per heavy atom. The summed E-state index contributed by atoms with van der Waals surface area (Å²) in [5.74, 6) is 1.81. The highest BCUT2D eigenvalue weighted by Gasteiger charge is 2.30. The predicted molar refractivity (Wildman–Crippen MR) is 114 cm³/mol. The smallest absolute Gasteiger partial charge is 0.199 e. The molecule has 1 aromatic heterocycles. The molecule has 0 saturated heterocycles. The van der Waals surface area contributed by atoms with Gasteiger partial charge in [0.05, 0.1) is 13.8 Å². The van der Waals surface area contributed by atoms with E-state index in [0.717, 1.165) is 28.5 Å². The van der Waals surface area contributed by atoms with Crippen LogP contribution in [-0.4, -0.2) is 32.4 Å². The normalized spacial score (nSPS) is 13.9. The van der Waals surface area contributed by atoms with Crippen LogP contribution < -0.4 is 4.74 Å². The molecule has 5 nitrogen and oxygen atoms in total. The minimum Gasteiger partial charge on any atom is -0.497 e. The van der Waals surface area contributed by atoms with Gasteiger partial charge in [0, 0.05) is 25.2 Å². The molecule has 146 valence electrons. The van der Waals surface area contributed by atoms with Crippen molar-refractivity contribution in [2.75, 3.05) is 7.11 Å². The molecule has 4 rings (SSSR count). The zero-order valence-electron chi connectivity index (χ0n) is 16.6. The van der Waals surface area contributed by atoms with Crippen LogP contribution >= 0.6 is 12.2 Å². The first-order valence-corrected chi connectivity index (χ1v) is 10.0. The molecule has 0 N–H and O–H groups in total. The van der Waals surface area contributed by atoms with E-state index < -0.39 is 0 Å². The summed E-state index contributed by atoms with van der Waals surface area (Å²) in [5, 5.41) is 4.87. The lowest BCUT2D eigenvalue weighted by Crippen LogP contribution is -2.29. The van der Waals surface area contributed by atoms with Gasteiger partial charge in [-0.15, -0.1) is 0 Å². The Hall–Kier alpha value is -2.44. The molecule has 3 aromatic rings. The molecule has 28 heavy (non-hydrogen) atoms. The van der Waals surface area contributed by atoms with Crippen molar-refractivity contribution in [3.05, 3.63) is 64.4 Å². The van der Waals surface area contributed by atoms with Crippen molar-refractivity contribution in [1.29, 1.82) is 0 Å². The molecule has 0 unspecified atom stereocenters. The minimum atomic E-state index is 0.605. The number of nitrogens with zero attached hydrogens (tertiary/aromatic N) is 4. The largest absolute Gasteiger partial charge is 0.497 e. The van der Waals surface area contributed by atoms with Gasteiger partial charge < -0.3 is 9.30 Å². The SMILES string of the molecule is COc1ccc(CN(Cn2nc(-c3ccccc3C)n(C)c2=S)C2CC2)cc1. The van der Waals surface area contributed by atoms with Crippen LogP contribution in [-0.2, 0) is 20.3 Å². The van der Waals surface area contributed by atoms with Crippen molar-refractivity contribution in [3.8, 4) is 17.1 Å². The maximum atomic E-state index is 5.70. The predicted octanol–water partition coefficient (Wildman–Crippen LogP) is 4.56. The molecule has 1 fully saturated rings. The lowest BCUT2D eigenvalue weighted by Gasteiger charge is -2.22. The molecular formula is C22H26N4OS. The number of hydrogen-bond acceptors (Lipinski definition) is 4. The Labute approximate surface area is 171 Å². The molecule has 6 heteroatoms. The molecule has 1 aliphatic carbocycles. The fourth-order valence-corrected chi connectivity index (χ4v) is 3.70. The van der Waals surface area contributed by atoms with Crippen molar-refractivity contribution >= 4 is 12.2 Å². The van der Waals surface area contributed by atoms with E-state index in [-0.39, 0.29) is 0 Å². The zero-order valence-corrected chi connectivity index (χ0v) is 17.4. The summed E-state index contributed by atoms with van der Waals surface area (Å²) >= 11 is 5.70. The molecule has 0 atom stereocenters. The van der Waals surface area contributed by atoms with Crippen LogP contribution in [0.3, 0.4) is 0 Å². The van der Waals surface area contributed by atoms with E-state index in [1.54, 1.807) is 7.11 Å². The Balaban J connectivity index is 1.58. The highest BCUT2D eigenvalue weighted by Crippen LogP contribution is 2.29. The number of rotatable bonds is 7. The van der Waals surface area contributed by atoms with Gasteiger partial charge >= 0.3 is 0 Å². The summed E-state index contributed by atoms with van der Waals surface area (Å²) in [4.78, 5) is 2.46. The van der Waals surface area contributed by atoms with Crippen molar-refractivity contribution in [2.45, 2.75) is 39.0 Å². The van der Waals surface area contributed by atoms with E-state index in [1.165, 1.54) is 24.0 Å². The van der Waals surface area contributed by atoms with Crippen molar-refractivity contribution < 1.29 is 4.74 Å². The monoisotopic (exact) mass is 394 g/mol. The number of benzene rings is 2. The van der Waals surface area contributed by atoms with Crippen LogP contribution in [0.1, 0.15) is 24.0 Å². The molecule has 0 aliphatic heterocycles. The van der Waals surface area contributed by atoms with Gasteiger partial charge in [-0.1, -0.05) is 36.4 Å². The van der Waals surface area contributed by atoms with Gasteiger partial charge in [0.25, 0.3) is 0 Å². The number of methoxy groups -OCH3 is 1. The molecule has 0 bridgehead atoms. The summed E-state index contributed by atoms with van der Waals surface area (Å²) in [6.07, 6.45) is 2.47. The Kier molecular flexibility index (Phi) is 5.33. The third-order valence-corrected chi connectivity index (χ3v) is 5.84. The fourth-order valence-electron chi connectivity index (χ4n) is 3.51. The molecule has 2 aromatic carbocycles. The van der Waals surface area contributed by atoms with Crippen LogP contribution in [0.5, 0.6) is 5.75 Å². The van der Waals surface area contributed by atoms with Gasteiger partial charge in [-0.2, -0.15) is 5.10 Å². The lowest BCUT2D eigenvalue weighted by molar-refractivity contribution is 0.186. The lowest BCUT2D eigenvalue weighted by atomic mass is 10.1. The number of aromatic nitrogens is 3. The van der Waals surface area contributed by atoms with Crippen molar-refractivity contribution in [2.24, 2.45) is 7.05 Å². The van der Waals surface area contributed by atoms with Crippen molar-refractivity contribution in [1.82, 2.24) is 19.2 Å². The topological polar surface area (TPSA) is 35.2 Å². The van der Waals surface area contributed by atoms with Crippen LogP contribution in [0.25, 0.3) is 11.4 Å². The number of ether oxygens (including phenoxy) is 1.